The number of hydrogen-bond donors (Lipinski definition) is 1. The largest absolute Gasteiger partial charge is 0.383 e. The third kappa shape index (κ3) is 7.20. The highest BCUT2D eigenvalue weighted by molar-refractivity contribution is 4.74. The van der Waals surface area contributed by atoms with Gasteiger partial charge in [-0.2, -0.15) is 0 Å². The lowest BCUT2D eigenvalue weighted by molar-refractivity contribution is 0.0877. The van der Waals surface area contributed by atoms with E-state index in [9.17, 15) is 0 Å². The van der Waals surface area contributed by atoms with Crippen LogP contribution >= 0.6 is 0 Å². The van der Waals surface area contributed by atoms with Crippen LogP contribution < -0.4 is 5.32 Å². The molecule has 3 heteroatoms. The molecule has 0 aromatic carbocycles. The molecule has 0 aliphatic heterocycles. The molecule has 16 heavy (non-hydrogen) atoms. The molecule has 0 aromatic rings. The third-order valence-electron chi connectivity index (χ3n) is 2.66. The van der Waals surface area contributed by atoms with Gasteiger partial charge in [0.05, 0.1) is 6.61 Å². The normalized spacial score (nSPS) is 13.7. The molecule has 98 valence electrons. The van der Waals surface area contributed by atoms with Gasteiger partial charge in [0, 0.05) is 25.7 Å². The number of hydrogen-bond acceptors (Lipinski definition) is 3. The maximum absolute atomic E-state index is 5.33. The molecule has 1 atom stereocenters. The summed E-state index contributed by atoms with van der Waals surface area (Å²) in [4.78, 5) is 2.54. The van der Waals surface area contributed by atoms with Crippen LogP contribution in [-0.4, -0.2) is 50.3 Å². The molecule has 0 rings (SSSR count). The minimum Gasteiger partial charge on any atom is -0.383 e. The Kier molecular flexibility index (Phi) is 9.99. The molecule has 0 aliphatic rings. The fraction of sp³-hybridized carbons (Fsp3) is 1.00. The summed E-state index contributed by atoms with van der Waals surface area (Å²) in [5, 5.41) is 3.51. The standard InChI is InChI=1S/C13H30N2O/c1-6-8-15(9-7-2)13(11-16-5)10-14-12(3)4/h12-14H,6-11H2,1-5H3. The van der Waals surface area contributed by atoms with E-state index < -0.39 is 0 Å². The first-order chi connectivity index (χ1) is 7.65. The van der Waals surface area contributed by atoms with E-state index in [0.717, 1.165) is 13.2 Å². The van der Waals surface area contributed by atoms with E-state index in [2.05, 4.69) is 37.9 Å². The van der Waals surface area contributed by atoms with Gasteiger partial charge in [0.1, 0.15) is 0 Å². The van der Waals surface area contributed by atoms with E-state index in [1.54, 1.807) is 7.11 Å². The van der Waals surface area contributed by atoms with Crippen molar-refractivity contribution in [2.24, 2.45) is 0 Å². The molecular formula is C13H30N2O. The van der Waals surface area contributed by atoms with Crippen molar-refractivity contribution in [3.63, 3.8) is 0 Å². The van der Waals surface area contributed by atoms with Crippen LogP contribution in [-0.2, 0) is 4.74 Å². The Labute approximate surface area is 102 Å². The lowest BCUT2D eigenvalue weighted by atomic mass is 10.2. The maximum atomic E-state index is 5.33. The van der Waals surface area contributed by atoms with Gasteiger partial charge >= 0.3 is 0 Å². The fourth-order valence-electron chi connectivity index (χ4n) is 1.91. The molecule has 0 bridgehead atoms. The molecule has 0 saturated carbocycles. The van der Waals surface area contributed by atoms with Gasteiger partial charge in [-0.1, -0.05) is 27.7 Å². The first-order valence-electron chi connectivity index (χ1n) is 6.62. The van der Waals surface area contributed by atoms with Crippen LogP contribution in [0.2, 0.25) is 0 Å². The number of rotatable bonds is 10. The van der Waals surface area contributed by atoms with Gasteiger partial charge in [-0.25, -0.2) is 0 Å². The SMILES string of the molecule is CCCN(CCC)C(CNC(C)C)COC. The van der Waals surface area contributed by atoms with Crippen LogP contribution in [0.5, 0.6) is 0 Å². The van der Waals surface area contributed by atoms with Crippen LogP contribution in [0.15, 0.2) is 0 Å². The highest BCUT2D eigenvalue weighted by Gasteiger charge is 2.16. The molecule has 0 aliphatic carbocycles. The topological polar surface area (TPSA) is 24.5 Å². The van der Waals surface area contributed by atoms with E-state index in [0.29, 0.717) is 12.1 Å². The van der Waals surface area contributed by atoms with Crippen molar-refractivity contribution >= 4 is 0 Å². The molecule has 0 fully saturated rings. The second-order valence-corrected chi connectivity index (χ2v) is 4.71. The predicted octanol–water partition coefficient (Wildman–Crippen LogP) is 2.12. The van der Waals surface area contributed by atoms with Gasteiger partial charge < -0.3 is 10.1 Å². The van der Waals surface area contributed by atoms with Crippen molar-refractivity contribution in [3.05, 3.63) is 0 Å². The number of nitrogens with one attached hydrogen (secondary N) is 1. The molecular weight excluding hydrogens is 200 g/mol. The second kappa shape index (κ2) is 10.1. The molecule has 0 radical (unpaired) electrons. The number of nitrogens with zero attached hydrogens (tertiary/aromatic N) is 1. The van der Waals surface area contributed by atoms with E-state index >= 15 is 0 Å². The summed E-state index contributed by atoms with van der Waals surface area (Å²) in [7, 11) is 1.79. The molecule has 0 amide bonds. The van der Waals surface area contributed by atoms with Crippen LogP contribution in [0.25, 0.3) is 0 Å². The Morgan fingerprint density at radius 1 is 1.12 bits per heavy atom. The lowest BCUT2D eigenvalue weighted by Crippen LogP contribution is -2.47. The molecule has 1 unspecified atom stereocenters. The molecule has 0 heterocycles. The quantitative estimate of drug-likeness (QED) is 0.622. The molecule has 0 spiro atoms. The van der Waals surface area contributed by atoms with Crippen molar-refractivity contribution in [1.29, 1.82) is 0 Å². The van der Waals surface area contributed by atoms with Crippen molar-refractivity contribution in [3.8, 4) is 0 Å². The van der Waals surface area contributed by atoms with Gasteiger partial charge in [0.25, 0.3) is 0 Å². The van der Waals surface area contributed by atoms with Crippen LogP contribution in [0.3, 0.4) is 0 Å². The average molecular weight is 230 g/mol. The smallest absolute Gasteiger partial charge is 0.0630 e. The minimum absolute atomic E-state index is 0.507. The summed E-state index contributed by atoms with van der Waals surface area (Å²) in [6.45, 7) is 13.0. The van der Waals surface area contributed by atoms with Crippen molar-refractivity contribution in [2.75, 3.05) is 33.4 Å². The summed E-state index contributed by atoms with van der Waals surface area (Å²) < 4.78 is 5.33. The Hall–Kier alpha value is -0.120. The summed E-state index contributed by atoms with van der Waals surface area (Å²) in [6, 6.07) is 1.05. The van der Waals surface area contributed by atoms with E-state index in [1.165, 1.54) is 25.9 Å². The van der Waals surface area contributed by atoms with Crippen molar-refractivity contribution in [2.45, 2.75) is 52.6 Å². The van der Waals surface area contributed by atoms with E-state index in [-0.39, 0.29) is 0 Å². The van der Waals surface area contributed by atoms with E-state index in [4.69, 9.17) is 4.74 Å². The van der Waals surface area contributed by atoms with Crippen molar-refractivity contribution in [1.82, 2.24) is 10.2 Å². The lowest BCUT2D eigenvalue weighted by Gasteiger charge is -2.31. The molecule has 3 nitrogen and oxygen atoms in total. The minimum atomic E-state index is 0.507. The Balaban J connectivity index is 4.19. The van der Waals surface area contributed by atoms with Crippen molar-refractivity contribution < 1.29 is 4.74 Å². The maximum Gasteiger partial charge on any atom is 0.0630 e. The number of methoxy groups -OCH3 is 1. The van der Waals surface area contributed by atoms with Gasteiger partial charge in [0.15, 0.2) is 0 Å². The molecule has 0 saturated heterocycles. The zero-order valence-electron chi connectivity index (χ0n) is 11.8. The zero-order valence-corrected chi connectivity index (χ0v) is 11.8. The molecule has 1 N–H and O–H groups in total. The average Bonchev–Trinajstić information content (AvgIpc) is 2.24. The highest BCUT2D eigenvalue weighted by Crippen LogP contribution is 2.03. The Morgan fingerprint density at radius 2 is 1.69 bits per heavy atom. The third-order valence-corrected chi connectivity index (χ3v) is 2.66. The Morgan fingerprint density at radius 3 is 2.06 bits per heavy atom. The monoisotopic (exact) mass is 230 g/mol. The van der Waals surface area contributed by atoms with E-state index in [1.807, 2.05) is 0 Å². The first kappa shape index (κ1) is 15.9. The molecule has 0 aromatic heterocycles. The second-order valence-electron chi connectivity index (χ2n) is 4.71. The summed E-state index contributed by atoms with van der Waals surface area (Å²) >= 11 is 0. The van der Waals surface area contributed by atoms with Gasteiger partial charge in [-0.3, -0.25) is 4.90 Å². The summed E-state index contributed by atoms with van der Waals surface area (Å²) in [5.41, 5.74) is 0. The van der Waals surface area contributed by atoms with Crippen LogP contribution in [0.1, 0.15) is 40.5 Å². The Bertz CT molecular complexity index is 145. The summed E-state index contributed by atoms with van der Waals surface area (Å²) in [6.07, 6.45) is 2.42. The van der Waals surface area contributed by atoms with Gasteiger partial charge in [-0.15, -0.1) is 0 Å². The van der Waals surface area contributed by atoms with Gasteiger partial charge in [-0.05, 0) is 25.9 Å². The fourth-order valence-corrected chi connectivity index (χ4v) is 1.91. The van der Waals surface area contributed by atoms with Crippen LogP contribution in [0, 0.1) is 0 Å². The number of ether oxygens (including phenoxy) is 1. The van der Waals surface area contributed by atoms with Crippen LogP contribution in [0.4, 0.5) is 0 Å². The highest BCUT2D eigenvalue weighted by atomic mass is 16.5. The predicted molar refractivity (Wildman–Crippen MR) is 71.0 cm³/mol. The summed E-state index contributed by atoms with van der Waals surface area (Å²) in [5.74, 6) is 0. The first-order valence-corrected chi connectivity index (χ1v) is 6.62. The zero-order chi connectivity index (χ0) is 12.4. The van der Waals surface area contributed by atoms with Gasteiger partial charge in [0.2, 0.25) is 0 Å².